The number of thiazole rings is 1. The van der Waals surface area contributed by atoms with E-state index in [0.717, 1.165) is 53.8 Å². The second kappa shape index (κ2) is 13.5. The molecule has 0 spiro atoms. The van der Waals surface area contributed by atoms with Crippen molar-refractivity contribution in [3.05, 3.63) is 35.9 Å². The van der Waals surface area contributed by atoms with E-state index in [1.165, 1.54) is 0 Å². The lowest BCUT2D eigenvalue weighted by Crippen LogP contribution is -2.48. The van der Waals surface area contributed by atoms with Crippen LogP contribution >= 0.6 is 11.3 Å². The summed E-state index contributed by atoms with van der Waals surface area (Å²) in [6.07, 6.45) is 0. The van der Waals surface area contributed by atoms with Crippen molar-refractivity contribution in [3.8, 4) is 23.0 Å². The first-order valence-electron chi connectivity index (χ1n) is 13.4. The maximum atomic E-state index is 13.0. The maximum absolute atomic E-state index is 13.0. The van der Waals surface area contributed by atoms with Crippen molar-refractivity contribution in [2.24, 2.45) is 0 Å². The van der Waals surface area contributed by atoms with Gasteiger partial charge in [0.15, 0.2) is 16.6 Å². The molecule has 1 fully saturated rings. The van der Waals surface area contributed by atoms with Crippen LogP contribution in [0.25, 0.3) is 10.2 Å². The van der Waals surface area contributed by atoms with E-state index in [9.17, 15) is 4.79 Å². The van der Waals surface area contributed by atoms with E-state index in [0.29, 0.717) is 55.8 Å². The molecule has 0 bridgehead atoms. The van der Waals surface area contributed by atoms with Gasteiger partial charge >= 0.3 is 0 Å². The van der Waals surface area contributed by atoms with Crippen molar-refractivity contribution in [1.82, 2.24) is 15.2 Å². The van der Waals surface area contributed by atoms with Crippen molar-refractivity contribution < 1.29 is 23.7 Å². The highest BCUT2D eigenvalue weighted by Gasteiger charge is 2.21. The molecule has 1 aliphatic rings. The van der Waals surface area contributed by atoms with E-state index >= 15 is 0 Å². The molecule has 0 aliphatic carbocycles. The van der Waals surface area contributed by atoms with E-state index < -0.39 is 0 Å². The SMILES string of the molecule is CCOc1ccc2nc(N3CCN(CCNC(=O)c4cc(OCC)c(OCC)c(OCC)c4)CC3)sc2c1. The van der Waals surface area contributed by atoms with Crippen molar-refractivity contribution in [2.45, 2.75) is 27.7 Å². The van der Waals surface area contributed by atoms with Gasteiger partial charge in [-0.1, -0.05) is 11.3 Å². The molecular formula is C28H38N4O5S. The Morgan fingerprint density at radius 3 is 2.18 bits per heavy atom. The predicted molar refractivity (Wildman–Crippen MR) is 152 cm³/mol. The van der Waals surface area contributed by atoms with Gasteiger partial charge in [0.2, 0.25) is 5.75 Å². The largest absolute Gasteiger partial charge is 0.494 e. The van der Waals surface area contributed by atoms with Gasteiger partial charge in [0.1, 0.15) is 5.75 Å². The Balaban J connectivity index is 1.29. The third-order valence-electron chi connectivity index (χ3n) is 6.19. The Morgan fingerprint density at radius 2 is 1.55 bits per heavy atom. The second-order valence-electron chi connectivity index (χ2n) is 8.74. The highest BCUT2D eigenvalue weighted by molar-refractivity contribution is 7.22. The number of nitrogens with one attached hydrogen (secondary N) is 1. The van der Waals surface area contributed by atoms with Crippen molar-refractivity contribution in [3.63, 3.8) is 0 Å². The molecule has 1 aliphatic heterocycles. The molecule has 1 N–H and O–H groups in total. The van der Waals surface area contributed by atoms with Crippen LogP contribution in [0.1, 0.15) is 38.1 Å². The number of hydrogen-bond donors (Lipinski definition) is 1. The number of aromatic nitrogens is 1. The number of ether oxygens (including phenoxy) is 4. The first-order chi connectivity index (χ1) is 18.6. The monoisotopic (exact) mass is 542 g/mol. The Bertz CT molecular complexity index is 1180. The molecule has 3 aromatic rings. The number of hydrogen-bond acceptors (Lipinski definition) is 9. The molecule has 0 saturated carbocycles. The van der Waals surface area contributed by atoms with Crippen LogP contribution < -0.4 is 29.2 Å². The number of benzene rings is 2. The zero-order valence-corrected chi connectivity index (χ0v) is 23.6. The minimum atomic E-state index is -0.158. The van der Waals surface area contributed by atoms with Crippen LogP contribution in [0.4, 0.5) is 5.13 Å². The summed E-state index contributed by atoms with van der Waals surface area (Å²) in [5.41, 5.74) is 1.50. The number of piperazine rings is 1. The van der Waals surface area contributed by atoms with Crippen molar-refractivity contribution in [2.75, 3.05) is 70.6 Å². The van der Waals surface area contributed by atoms with Crippen LogP contribution in [0.5, 0.6) is 23.0 Å². The lowest BCUT2D eigenvalue weighted by Gasteiger charge is -2.34. The number of rotatable bonds is 13. The molecule has 2 heterocycles. The normalized spacial score (nSPS) is 13.9. The summed E-state index contributed by atoms with van der Waals surface area (Å²) in [4.78, 5) is 22.5. The van der Waals surface area contributed by atoms with Gasteiger partial charge in [-0.25, -0.2) is 4.98 Å². The van der Waals surface area contributed by atoms with Gasteiger partial charge in [0.05, 0.1) is 36.6 Å². The maximum Gasteiger partial charge on any atom is 0.251 e. The molecule has 0 radical (unpaired) electrons. The van der Waals surface area contributed by atoms with Crippen LogP contribution in [0.15, 0.2) is 30.3 Å². The van der Waals surface area contributed by atoms with E-state index in [4.69, 9.17) is 23.9 Å². The fourth-order valence-corrected chi connectivity index (χ4v) is 5.44. The van der Waals surface area contributed by atoms with E-state index in [-0.39, 0.29) is 5.91 Å². The van der Waals surface area contributed by atoms with Crippen molar-refractivity contribution >= 4 is 32.6 Å². The summed E-state index contributed by atoms with van der Waals surface area (Å²) in [5, 5.41) is 4.09. The summed E-state index contributed by atoms with van der Waals surface area (Å²) in [6, 6.07) is 9.52. The average molecular weight is 543 g/mol. The summed E-state index contributed by atoms with van der Waals surface area (Å²) in [7, 11) is 0. The third-order valence-corrected chi connectivity index (χ3v) is 7.27. The molecule has 10 heteroatoms. The van der Waals surface area contributed by atoms with Gasteiger partial charge < -0.3 is 29.2 Å². The Kier molecular flexibility index (Phi) is 9.89. The minimum Gasteiger partial charge on any atom is -0.494 e. The van der Waals surface area contributed by atoms with E-state index in [1.54, 1.807) is 23.5 Å². The van der Waals surface area contributed by atoms with E-state index in [2.05, 4.69) is 21.2 Å². The molecule has 38 heavy (non-hydrogen) atoms. The van der Waals surface area contributed by atoms with Gasteiger partial charge in [0, 0.05) is 44.8 Å². The highest BCUT2D eigenvalue weighted by atomic mass is 32.1. The second-order valence-corrected chi connectivity index (χ2v) is 9.75. The number of nitrogens with zero attached hydrogens (tertiary/aromatic N) is 3. The van der Waals surface area contributed by atoms with E-state index in [1.807, 2.05) is 39.8 Å². The number of carbonyl (C=O) groups is 1. The van der Waals surface area contributed by atoms with Crippen LogP contribution in [0, 0.1) is 0 Å². The first kappa shape index (κ1) is 27.8. The van der Waals surface area contributed by atoms with Crippen LogP contribution in [0.3, 0.4) is 0 Å². The molecule has 0 atom stereocenters. The summed E-state index contributed by atoms with van der Waals surface area (Å²) in [5.74, 6) is 2.30. The summed E-state index contributed by atoms with van der Waals surface area (Å²) < 4.78 is 24.0. The standard InChI is InChI=1S/C28H38N4O5S/c1-5-34-21-9-10-22-25(19-21)38-28(30-22)32-15-13-31(14-16-32)12-11-29-27(33)20-17-23(35-6-2)26(37-8-4)24(18-20)36-7-3/h9-10,17-19H,5-8,11-16H2,1-4H3,(H,29,33). The molecule has 9 nitrogen and oxygen atoms in total. The van der Waals surface area contributed by atoms with Crippen LogP contribution in [-0.2, 0) is 0 Å². The van der Waals surface area contributed by atoms with Crippen LogP contribution in [0.2, 0.25) is 0 Å². The Hall–Kier alpha value is -3.24. The van der Waals surface area contributed by atoms with Gasteiger partial charge in [-0.2, -0.15) is 0 Å². The Labute approximate surface area is 228 Å². The van der Waals surface area contributed by atoms with Gasteiger partial charge in [-0.15, -0.1) is 0 Å². The number of carbonyl (C=O) groups excluding carboxylic acids is 1. The topological polar surface area (TPSA) is 85.4 Å². The quantitative estimate of drug-likeness (QED) is 0.339. The van der Waals surface area contributed by atoms with Gasteiger partial charge in [-0.3, -0.25) is 9.69 Å². The van der Waals surface area contributed by atoms with Gasteiger partial charge in [0.25, 0.3) is 5.91 Å². The molecule has 0 unspecified atom stereocenters. The highest BCUT2D eigenvalue weighted by Crippen LogP contribution is 2.39. The first-order valence-corrected chi connectivity index (χ1v) is 14.2. The molecule has 1 saturated heterocycles. The average Bonchev–Trinajstić information content (AvgIpc) is 3.34. The number of fused-ring (bicyclic) bond motifs is 1. The molecule has 206 valence electrons. The molecular weight excluding hydrogens is 504 g/mol. The Morgan fingerprint density at radius 1 is 0.895 bits per heavy atom. The smallest absolute Gasteiger partial charge is 0.251 e. The zero-order chi connectivity index (χ0) is 26.9. The molecule has 1 aromatic heterocycles. The summed E-state index contributed by atoms with van der Waals surface area (Å²) in [6.45, 7) is 14.7. The fourth-order valence-electron chi connectivity index (χ4n) is 4.40. The number of amides is 1. The lowest BCUT2D eigenvalue weighted by molar-refractivity contribution is 0.0946. The van der Waals surface area contributed by atoms with Crippen LogP contribution in [-0.4, -0.2) is 81.5 Å². The molecule has 2 aromatic carbocycles. The zero-order valence-electron chi connectivity index (χ0n) is 22.7. The van der Waals surface area contributed by atoms with Crippen molar-refractivity contribution in [1.29, 1.82) is 0 Å². The summed E-state index contributed by atoms with van der Waals surface area (Å²) >= 11 is 1.71. The lowest BCUT2D eigenvalue weighted by atomic mass is 10.1. The molecule has 4 rings (SSSR count). The minimum absolute atomic E-state index is 0.158. The fraction of sp³-hybridized carbons (Fsp3) is 0.500. The number of anilines is 1. The van der Waals surface area contributed by atoms with Gasteiger partial charge in [-0.05, 0) is 58.0 Å². The molecule has 1 amide bonds. The predicted octanol–water partition coefficient (Wildman–Crippen LogP) is 4.44. The third kappa shape index (κ3) is 6.79.